The smallest absolute Gasteiger partial charge is 0.475 e. The Kier molecular flexibility index (Phi) is 9.61. The molecule has 0 bridgehead atoms. The SMILES string of the molecule is Cn1cc(C(=O)N2CC[C@@H]3[C@@H]2CCN3Cc2cccnc2)cn1.O=C(O)C(F)(F)F.O=C(O)C(F)(F)F. The lowest BCUT2D eigenvalue weighted by Crippen LogP contribution is -2.39. The van der Waals surface area contributed by atoms with E-state index in [2.05, 4.69) is 21.0 Å². The number of amides is 1. The monoisotopic (exact) mass is 539 g/mol. The molecule has 0 unspecified atom stereocenters. The number of carboxylic acids is 2. The van der Waals surface area contributed by atoms with E-state index in [-0.39, 0.29) is 5.91 Å². The molecule has 37 heavy (non-hydrogen) atoms. The Morgan fingerprint density at radius 1 is 0.973 bits per heavy atom. The van der Waals surface area contributed by atoms with Crippen molar-refractivity contribution >= 4 is 17.8 Å². The van der Waals surface area contributed by atoms with Gasteiger partial charge in [-0.1, -0.05) is 6.07 Å². The van der Waals surface area contributed by atoms with Crippen LogP contribution in [-0.2, 0) is 23.2 Å². The van der Waals surface area contributed by atoms with Crippen LogP contribution in [0.25, 0.3) is 0 Å². The number of hydrogen-bond donors (Lipinski definition) is 2. The van der Waals surface area contributed by atoms with Gasteiger partial charge in [-0.25, -0.2) is 9.59 Å². The Morgan fingerprint density at radius 3 is 2.00 bits per heavy atom. The number of alkyl halides is 6. The topological polar surface area (TPSA) is 129 Å². The Bertz CT molecular complexity index is 1050. The van der Waals surface area contributed by atoms with Gasteiger partial charge in [0.1, 0.15) is 0 Å². The van der Waals surface area contributed by atoms with E-state index in [4.69, 9.17) is 19.8 Å². The minimum absolute atomic E-state index is 0.119. The van der Waals surface area contributed by atoms with Crippen molar-refractivity contribution in [1.29, 1.82) is 0 Å². The molecule has 2 aromatic rings. The summed E-state index contributed by atoms with van der Waals surface area (Å²) >= 11 is 0. The fourth-order valence-electron chi connectivity index (χ4n) is 3.95. The normalized spacial score (nSPS) is 19.3. The van der Waals surface area contributed by atoms with Crippen molar-refractivity contribution in [2.24, 2.45) is 7.05 Å². The summed E-state index contributed by atoms with van der Waals surface area (Å²) in [6.07, 6.45) is -0.856. The molecule has 0 spiro atoms. The van der Waals surface area contributed by atoms with Crippen LogP contribution in [0.15, 0.2) is 36.9 Å². The van der Waals surface area contributed by atoms with Gasteiger partial charge in [0.2, 0.25) is 0 Å². The predicted octanol–water partition coefficient (Wildman–Crippen LogP) is 2.57. The molecule has 4 rings (SSSR count). The Balaban J connectivity index is 0.000000286. The summed E-state index contributed by atoms with van der Waals surface area (Å²) in [4.78, 5) is 39.2. The van der Waals surface area contributed by atoms with Gasteiger partial charge < -0.3 is 15.1 Å². The van der Waals surface area contributed by atoms with Crippen molar-refractivity contribution in [1.82, 2.24) is 24.6 Å². The predicted molar refractivity (Wildman–Crippen MR) is 113 cm³/mol. The summed E-state index contributed by atoms with van der Waals surface area (Å²) in [7, 11) is 1.84. The van der Waals surface area contributed by atoms with Crippen LogP contribution in [0.5, 0.6) is 0 Å². The van der Waals surface area contributed by atoms with Gasteiger partial charge in [0.25, 0.3) is 5.91 Å². The number of nitrogens with zero attached hydrogens (tertiary/aromatic N) is 5. The third-order valence-corrected chi connectivity index (χ3v) is 5.50. The number of carboxylic acid groups (broad SMARTS) is 2. The molecule has 0 radical (unpaired) electrons. The number of carbonyl (C=O) groups excluding carboxylic acids is 1. The van der Waals surface area contributed by atoms with Crippen LogP contribution in [0.3, 0.4) is 0 Å². The maximum absolute atomic E-state index is 12.7. The van der Waals surface area contributed by atoms with E-state index in [9.17, 15) is 31.1 Å². The first-order valence-electron chi connectivity index (χ1n) is 10.6. The number of halogens is 6. The van der Waals surface area contributed by atoms with Gasteiger partial charge in [0, 0.05) is 57.4 Å². The molecule has 2 aromatic heterocycles. The summed E-state index contributed by atoms with van der Waals surface area (Å²) in [5.74, 6) is -5.39. The number of fused-ring (bicyclic) bond motifs is 1. The van der Waals surface area contributed by atoms with Gasteiger partial charge in [-0.15, -0.1) is 0 Å². The van der Waals surface area contributed by atoms with E-state index in [1.807, 2.05) is 24.2 Å². The lowest BCUT2D eigenvalue weighted by molar-refractivity contribution is -0.193. The summed E-state index contributed by atoms with van der Waals surface area (Å²) in [5, 5.41) is 18.4. The minimum atomic E-state index is -5.08. The third-order valence-electron chi connectivity index (χ3n) is 5.50. The first kappa shape index (κ1) is 29.5. The molecule has 2 N–H and O–H groups in total. The van der Waals surface area contributed by atoms with Crippen molar-refractivity contribution in [3.8, 4) is 0 Å². The molecule has 16 heteroatoms. The van der Waals surface area contributed by atoms with Gasteiger partial charge in [-0.05, 0) is 24.5 Å². The molecule has 2 fully saturated rings. The summed E-state index contributed by atoms with van der Waals surface area (Å²) in [6, 6.07) is 4.90. The van der Waals surface area contributed by atoms with Gasteiger partial charge in [0.05, 0.1) is 11.8 Å². The molecule has 0 aliphatic carbocycles. The van der Waals surface area contributed by atoms with Crippen LogP contribution in [0, 0.1) is 0 Å². The lowest BCUT2D eigenvalue weighted by atomic mass is 10.1. The highest BCUT2D eigenvalue weighted by Crippen LogP contribution is 2.33. The number of pyridine rings is 1. The third kappa shape index (κ3) is 8.44. The zero-order chi connectivity index (χ0) is 28.0. The van der Waals surface area contributed by atoms with Gasteiger partial charge in [-0.2, -0.15) is 31.4 Å². The summed E-state index contributed by atoms with van der Waals surface area (Å²) < 4.78 is 65.2. The average Bonchev–Trinajstić information content (AvgIpc) is 3.51. The van der Waals surface area contributed by atoms with Crippen LogP contribution in [0.2, 0.25) is 0 Å². The quantitative estimate of drug-likeness (QED) is 0.570. The fourth-order valence-corrected chi connectivity index (χ4v) is 3.95. The van der Waals surface area contributed by atoms with Crippen LogP contribution in [-0.4, -0.2) is 90.1 Å². The highest BCUT2D eigenvalue weighted by atomic mass is 19.4. The molecule has 204 valence electrons. The number of likely N-dealkylation sites (tertiary alicyclic amines) is 2. The van der Waals surface area contributed by atoms with Crippen molar-refractivity contribution in [3.63, 3.8) is 0 Å². The molecule has 2 aliphatic heterocycles. The Hall–Kier alpha value is -3.69. The standard InChI is InChI=1S/C17H21N5O.2C2HF3O2/c1-20-12-14(10-19-20)17(23)22-8-5-15-16(22)4-7-21(15)11-13-3-2-6-18-9-13;2*3-2(4,5)1(6)7/h2-3,6,9-10,12,15-16H,4-5,7-8,11H2,1H3;2*(H,6,7)/t15-,16+;;/m1../s1. The summed E-state index contributed by atoms with van der Waals surface area (Å²) in [6.45, 7) is 2.80. The highest BCUT2D eigenvalue weighted by Gasteiger charge is 2.44. The number of aliphatic carboxylic acids is 2. The number of aromatic nitrogens is 3. The first-order valence-corrected chi connectivity index (χ1v) is 10.6. The molecule has 0 aromatic carbocycles. The maximum Gasteiger partial charge on any atom is 0.490 e. The molecule has 1 amide bonds. The van der Waals surface area contributed by atoms with Crippen LogP contribution >= 0.6 is 0 Å². The van der Waals surface area contributed by atoms with Crippen molar-refractivity contribution in [2.45, 2.75) is 43.8 Å². The van der Waals surface area contributed by atoms with Crippen LogP contribution in [0.4, 0.5) is 26.3 Å². The van der Waals surface area contributed by atoms with Gasteiger partial charge in [0.15, 0.2) is 0 Å². The Labute approximate surface area is 206 Å². The van der Waals surface area contributed by atoms with E-state index in [0.29, 0.717) is 17.6 Å². The molecular formula is C21H23F6N5O5. The number of rotatable bonds is 3. The molecule has 0 saturated carbocycles. The summed E-state index contributed by atoms with van der Waals surface area (Å²) in [5.41, 5.74) is 1.93. The second-order valence-electron chi connectivity index (χ2n) is 8.05. The van der Waals surface area contributed by atoms with Crippen LogP contribution in [0.1, 0.15) is 28.8 Å². The van der Waals surface area contributed by atoms with E-state index < -0.39 is 24.3 Å². The minimum Gasteiger partial charge on any atom is -0.475 e. The van der Waals surface area contributed by atoms with Crippen molar-refractivity contribution in [3.05, 3.63) is 48.0 Å². The van der Waals surface area contributed by atoms with E-state index in [1.165, 1.54) is 5.56 Å². The van der Waals surface area contributed by atoms with E-state index in [1.54, 1.807) is 23.3 Å². The number of aryl methyl sites for hydroxylation is 1. The van der Waals surface area contributed by atoms with E-state index >= 15 is 0 Å². The van der Waals surface area contributed by atoms with Gasteiger partial charge in [-0.3, -0.25) is 19.4 Å². The average molecular weight is 539 g/mol. The second-order valence-corrected chi connectivity index (χ2v) is 8.05. The molecule has 10 nitrogen and oxygen atoms in total. The molecular weight excluding hydrogens is 516 g/mol. The van der Waals surface area contributed by atoms with Crippen LogP contribution < -0.4 is 0 Å². The first-order chi connectivity index (χ1) is 17.1. The van der Waals surface area contributed by atoms with E-state index in [0.717, 1.165) is 32.5 Å². The lowest BCUT2D eigenvalue weighted by Gasteiger charge is -2.25. The van der Waals surface area contributed by atoms with Crippen molar-refractivity contribution in [2.75, 3.05) is 13.1 Å². The fraction of sp³-hybridized carbons (Fsp3) is 0.476. The largest absolute Gasteiger partial charge is 0.490 e. The van der Waals surface area contributed by atoms with Crippen molar-refractivity contribution < 1.29 is 50.9 Å². The molecule has 2 atom stereocenters. The zero-order valence-corrected chi connectivity index (χ0v) is 19.3. The van der Waals surface area contributed by atoms with Gasteiger partial charge >= 0.3 is 24.3 Å². The maximum atomic E-state index is 12.7. The molecule has 2 aliphatic rings. The second kappa shape index (κ2) is 12.0. The molecule has 2 saturated heterocycles. The number of carbonyl (C=O) groups is 3. The zero-order valence-electron chi connectivity index (χ0n) is 19.3. The Morgan fingerprint density at radius 2 is 1.54 bits per heavy atom. The number of hydrogen-bond acceptors (Lipinski definition) is 6. The molecule has 4 heterocycles. The highest BCUT2D eigenvalue weighted by molar-refractivity contribution is 5.94.